The smallest absolute Gasteiger partial charge is 0.321 e. The summed E-state index contributed by atoms with van der Waals surface area (Å²) in [6.45, 7) is 0. The van der Waals surface area contributed by atoms with E-state index in [2.05, 4.69) is 4.90 Å². The molecule has 5 unspecified atom stereocenters. The molecule has 3 aliphatic carbocycles. The predicted octanol–water partition coefficient (Wildman–Crippen LogP) is 4.45. The van der Waals surface area contributed by atoms with E-state index in [9.17, 15) is 9.90 Å². The van der Waals surface area contributed by atoms with E-state index in [1.54, 1.807) is 0 Å². The van der Waals surface area contributed by atoms with E-state index in [1.165, 1.54) is 70.6 Å². The minimum Gasteiger partial charge on any atom is -0.480 e. The van der Waals surface area contributed by atoms with Gasteiger partial charge in [-0.25, -0.2) is 0 Å². The van der Waals surface area contributed by atoms with Gasteiger partial charge in [-0.15, -0.1) is 0 Å². The van der Waals surface area contributed by atoms with Crippen LogP contribution in [0.25, 0.3) is 0 Å². The van der Waals surface area contributed by atoms with Crippen LogP contribution < -0.4 is 0 Å². The van der Waals surface area contributed by atoms with Crippen LogP contribution in [0.2, 0.25) is 0 Å². The van der Waals surface area contributed by atoms with Crippen molar-refractivity contribution in [3.8, 4) is 0 Å². The predicted molar refractivity (Wildman–Crippen MR) is 91.3 cm³/mol. The highest BCUT2D eigenvalue weighted by Crippen LogP contribution is 2.51. The van der Waals surface area contributed by atoms with Gasteiger partial charge in [-0.3, -0.25) is 9.69 Å². The molecule has 4 aliphatic rings. The Balaban J connectivity index is 1.63. The first kappa shape index (κ1) is 15.9. The second-order valence-electron chi connectivity index (χ2n) is 8.66. The van der Waals surface area contributed by atoms with E-state index in [0.717, 1.165) is 24.7 Å². The molecule has 0 aromatic rings. The van der Waals surface area contributed by atoms with Crippen molar-refractivity contribution in [1.82, 2.24) is 4.90 Å². The summed E-state index contributed by atoms with van der Waals surface area (Å²) in [7, 11) is 0. The Morgan fingerprint density at radius 1 is 0.739 bits per heavy atom. The van der Waals surface area contributed by atoms with Gasteiger partial charge in [0, 0.05) is 12.1 Å². The van der Waals surface area contributed by atoms with E-state index in [4.69, 9.17) is 0 Å². The number of carboxylic acid groups (broad SMARTS) is 1. The molecular weight excluding hydrogens is 286 g/mol. The number of nitrogens with zero attached hydrogens (tertiary/aromatic N) is 1. The van der Waals surface area contributed by atoms with Gasteiger partial charge in [0.05, 0.1) is 0 Å². The summed E-state index contributed by atoms with van der Waals surface area (Å²) in [5, 5.41) is 10.1. The highest BCUT2D eigenvalue weighted by molar-refractivity contribution is 5.74. The topological polar surface area (TPSA) is 40.5 Å². The molecule has 1 aliphatic heterocycles. The van der Waals surface area contributed by atoms with Gasteiger partial charge >= 0.3 is 5.97 Å². The van der Waals surface area contributed by atoms with E-state index in [1.807, 2.05) is 0 Å². The Labute approximate surface area is 140 Å². The number of hydrogen-bond donors (Lipinski definition) is 1. The number of carboxylic acids is 1. The Morgan fingerprint density at radius 3 is 1.74 bits per heavy atom. The molecule has 5 atom stereocenters. The molecule has 130 valence electrons. The lowest BCUT2D eigenvalue weighted by Crippen LogP contribution is -2.54. The molecule has 0 radical (unpaired) electrons. The molecule has 23 heavy (non-hydrogen) atoms. The van der Waals surface area contributed by atoms with Crippen LogP contribution in [0.15, 0.2) is 0 Å². The quantitative estimate of drug-likeness (QED) is 0.835. The summed E-state index contributed by atoms with van der Waals surface area (Å²) in [6, 6.07) is 0.980. The zero-order chi connectivity index (χ0) is 15.8. The lowest BCUT2D eigenvalue weighted by atomic mass is 9.73. The van der Waals surface area contributed by atoms with Gasteiger partial charge in [0.15, 0.2) is 0 Å². The van der Waals surface area contributed by atoms with Crippen molar-refractivity contribution in [2.24, 2.45) is 17.8 Å². The van der Waals surface area contributed by atoms with Crippen molar-refractivity contribution < 1.29 is 9.90 Å². The van der Waals surface area contributed by atoms with E-state index >= 15 is 0 Å². The van der Waals surface area contributed by atoms with Crippen molar-refractivity contribution >= 4 is 5.97 Å². The van der Waals surface area contributed by atoms with Gasteiger partial charge in [-0.1, -0.05) is 44.9 Å². The molecule has 3 nitrogen and oxygen atoms in total. The maximum absolute atomic E-state index is 12.3. The Morgan fingerprint density at radius 2 is 1.22 bits per heavy atom. The van der Waals surface area contributed by atoms with Crippen LogP contribution in [0.5, 0.6) is 0 Å². The molecule has 3 saturated carbocycles. The third-order valence-corrected chi connectivity index (χ3v) is 7.55. The Kier molecular flexibility index (Phi) is 4.67. The average Bonchev–Trinajstić information content (AvgIpc) is 2.91. The first-order valence-electron chi connectivity index (χ1n) is 10.3. The molecule has 1 heterocycles. The molecule has 0 bridgehead atoms. The monoisotopic (exact) mass is 319 g/mol. The lowest BCUT2D eigenvalue weighted by Gasteiger charge is -2.42. The summed E-state index contributed by atoms with van der Waals surface area (Å²) in [5.41, 5.74) is 0. The number of rotatable bonds is 3. The lowest BCUT2D eigenvalue weighted by molar-refractivity contribution is -0.148. The fourth-order valence-electron chi connectivity index (χ4n) is 6.70. The van der Waals surface area contributed by atoms with Gasteiger partial charge in [0.25, 0.3) is 0 Å². The number of aliphatic carboxylic acids is 1. The molecule has 1 N–H and O–H groups in total. The van der Waals surface area contributed by atoms with Gasteiger partial charge in [-0.05, 0) is 56.3 Å². The highest BCUT2D eigenvalue weighted by Gasteiger charge is 2.54. The normalized spacial score (nSPS) is 40.3. The molecule has 0 spiro atoms. The van der Waals surface area contributed by atoms with Gasteiger partial charge < -0.3 is 5.11 Å². The molecule has 4 rings (SSSR count). The van der Waals surface area contributed by atoms with Crippen LogP contribution in [-0.2, 0) is 4.79 Å². The second-order valence-corrected chi connectivity index (χ2v) is 8.66. The van der Waals surface area contributed by atoms with Crippen LogP contribution in [0.4, 0.5) is 0 Å². The minimum absolute atomic E-state index is 0.186. The molecular formula is C20H33NO2. The van der Waals surface area contributed by atoms with Crippen molar-refractivity contribution in [1.29, 1.82) is 0 Å². The minimum atomic E-state index is -0.521. The van der Waals surface area contributed by atoms with E-state index < -0.39 is 5.97 Å². The SMILES string of the molecule is O=C(O)C(C1CCCCC1)N1C2CCCCC2C2CCCCC21. The number of likely N-dealkylation sites (tertiary alicyclic amines) is 1. The summed E-state index contributed by atoms with van der Waals surface area (Å²) >= 11 is 0. The molecule has 1 saturated heterocycles. The van der Waals surface area contributed by atoms with Gasteiger partial charge in [-0.2, -0.15) is 0 Å². The standard InChI is InChI=1S/C20H33NO2/c22-20(23)19(14-8-2-1-3-9-14)21-17-12-6-4-10-15(17)16-11-5-7-13-18(16)21/h14-19H,1-13H2,(H,22,23). The third kappa shape index (κ3) is 2.83. The summed E-state index contributed by atoms with van der Waals surface area (Å²) in [4.78, 5) is 14.9. The summed E-state index contributed by atoms with van der Waals surface area (Å²) in [6.07, 6.45) is 16.7. The summed E-state index contributed by atoms with van der Waals surface area (Å²) < 4.78 is 0. The molecule has 3 heteroatoms. The number of fused-ring (bicyclic) bond motifs is 3. The number of hydrogen-bond acceptors (Lipinski definition) is 2. The fourth-order valence-corrected chi connectivity index (χ4v) is 6.70. The van der Waals surface area contributed by atoms with Crippen molar-refractivity contribution in [3.05, 3.63) is 0 Å². The third-order valence-electron chi connectivity index (χ3n) is 7.55. The first-order valence-corrected chi connectivity index (χ1v) is 10.3. The van der Waals surface area contributed by atoms with Crippen LogP contribution >= 0.6 is 0 Å². The van der Waals surface area contributed by atoms with Crippen LogP contribution in [-0.4, -0.2) is 34.1 Å². The summed E-state index contributed by atoms with van der Waals surface area (Å²) in [5.74, 6) is 1.50. The maximum Gasteiger partial charge on any atom is 0.321 e. The maximum atomic E-state index is 12.3. The molecule has 4 fully saturated rings. The first-order chi connectivity index (χ1) is 11.3. The largest absolute Gasteiger partial charge is 0.480 e. The van der Waals surface area contributed by atoms with E-state index in [-0.39, 0.29) is 6.04 Å². The van der Waals surface area contributed by atoms with Crippen LogP contribution in [0.1, 0.15) is 83.5 Å². The fraction of sp³-hybridized carbons (Fsp3) is 0.950. The second kappa shape index (κ2) is 6.74. The molecule has 0 amide bonds. The zero-order valence-electron chi connectivity index (χ0n) is 14.5. The number of carbonyl (C=O) groups is 1. The average molecular weight is 319 g/mol. The molecule has 0 aromatic carbocycles. The van der Waals surface area contributed by atoms with Gasteiger partial charge in [0.1, 0.15) is 6.04 Å². The van der Waals surface area contributed by atoms with Crippen LogP contribution in [0.3, 0.4) is 0 Å². The van der Waals surface area contributed by atoms with Crippen LogP contribution in [0, 0.1) is 17.8 Å². The van der Waals surface area contributed by atoms with E-state index in [0.29, 0.717) is 18.0 Å². The van der Waals surface area contributed by atoms with Crippen molar-refractivity contribution in [2.45, 2.75) is 102 Å². The van der Waals surface area contributed by atoms with Crippen molar-refractivity contribution in [2.75, 3.05) is 0 Å². The van der Waals surface area contributed by atoms with Gasteiger partial charge in [0.2, 0.25) is 0 Å². The van der Waals surface area contributed by atoms with Crippen molar-refractivity contribution in [3.63, 3.8) is 0 Å². The zero-order valence-corrected chi connectivity index (χ0v) is 14.5. The highest BCUT2D eigenvalue weighted by atomic mass is 16.4. The Hall–Kier alpha value is -0.570. The molecule has 0 aromatic heterocycles. The Bertz CT molecular complexity index is 409.